The number of piperazine rings is 1. The van der Waals surface area contributed by atoms with Crippen molar-refractivity contribution < 1.29 is 17.9 Å². The molecule has 0 spiro atoms. The van der Waals surface area contributed by atoms with Crippen LogP contribution < -0.4 is 19.1 Å². The first-order valence-electron chi connectivity index (χ1n) is 10.7. The van der Waals surface area contributed by atoms with Crippen LogP contribution in [0.2, 0.25) is 0 Å². The zero-order valence-corrected chi connectivity index (χ0v) is 20.4. The highest BCUT2D eigenvalue weighted by Gasteiger charge is 2.26. The number of methoxy groups -OCH3 is 2. The maximum atomic E-state index is 13.1. The van der Waals surface area contributed by atoms with E-state index in [0.717, 1.165) is 37.4 Å². The number of sulfonamides is 1. The van der Waals surface area contributed by atoms with Crippen LogP contribution in [0.3, 0.4) is 0 Å². The lowest BCUT2D eigenvalue weighted by Gasteiger charge is -2.38. The molecule has 0 amide bonds. The van der Waals surface area contributed by atoms with Crippen LogP contribution in [0.25, 0.3) is 0 Å². The van der Waals surface area contributed by atoms with Gasteiger partial charge in [-0.15, -0.1) is 0 Å². The molecule has 1 N–H and O–H groups in total. The summed E-state index contributed by atoms with van der Waals surface area (Å²) in [5, 5.41) is 0. The predicted molar refractivity (Wildman–Crippen MR) is 127 cm³/mol. The number of nitrogens with one attached hydrogen (secondary N) is 1. The fourth-order valence-electron chi connectivity index (χ4n) is 3.84. The van der Waals surface area contributed by atoms with E-state index < -0.39 is 10.0 Å². The minimum absolute atomic E-state index is 0.0603. The predicted octanol–water partition coefficient (Wildman–Crippen LogP) is 2.04. The topological polar surface area (TPSA) is 74.4 Å². The van der Waals surface area contributed by atoms with Crippen molar-refractivity contribution in [3.8, 4) is 11.5 Å². The van der Waals surface area contributed by atoms with Gasteiger partial charge < -0.3 is 19.3 Å². The Morgan fingerprint density at radius 1 is 0.969 bits per heavy atom. The van der Waals surface area contributed by atoms with Crippen molar-refractivity contribution in [3.05, 3.63) is 48.0 Å². The van der Waals surface area contributed by atoms with Gasteiger partial charge >= 0.3 is 0 Å². The molecule has 0 unspecified atom stereocenters. The number of nitrogens with zero attached hydrogens (tertiary/aromatic N) is 3. The zero-order chi connectivity index (χ0) is 23.3. The van der Waals surface area contributed by atoms with E-state index in [-0.39, 0.29) is 17.5 Å². The van der Waals surface area contributed by atoms with E-state index in [2.05, 4.69) is 50.7 Å². The van der Waals surface area contributed by atoms with E-state index in [9.17, 15) is 8.42 Å². The molecular weight excluding hydrogens is 428 g/mol. The molecule has 32 heavy (non-hydrogen) atoms. The molecule has 0 radical (unpaired) electrons. The summed E-state index contributed by atoms with van der Waals surface area (Å²) in [6.45, 7) is 3.95. The molecule has 0 aliphatic carbocycles. The van der Waals surface area contributed by atoms with Crippen molar-refractivity contribution in [2.45, 2.75) is 10.9 Å². The van der Waals surface area contributed by atoms with Gasteiger partial charge in [0.2, 0.25) is 10.0 Å². The maximum absolute atomic E-state index is 13.1. The minimum atomic E-state index is -3.72. The van der Waals surface area contributed by atoms with Crippen molar-refractivity contribution in [2.24, 2.45) is 0 Å². The summed E-state index contributed by atoms with van der Waals surface area (Å²) >= 11 is 0. The van der Waals surface area contributed by atoms with Gasteiger partial charge in [-0.05, 0) is 36.9 Å². The van der Waals surface area contributed by atoms with Crippen molar-refractivity contribution in [1.82, 2.24) is 14.5 Å². The number of likely N-dealkylation sites (N-methyl/N-ethyl adjacent to an activating group) is 1. The number of hydrogen-bond acceptors (Lipinski definition) is 7. The number of ether oxygens (including phenoxy) is 2. The fourth-order valence-corrected chi connectivity index (χ4v) is 4.89. The van der Waals surface area contributed by atoms with Gasteiger partial charge in [-0.1, -0.05) is 12.1 Å². The Labute approximate surface area is 191 Å². The third kappa shape index (κ3) is 5.72. The molecule has 1 aliphatic rings. The first-order valence-corrected chi connectivity index (χ1v) is 12.1. The molecule has 1 heterocycles. The molecule has 2 aromatic rings. The Hall–Kier alpha value is -2.33. The minimum Gasteiger partial charge on any atom is -0.493 e. The number of rotatable bonds is 9. The monoisotopic (exact) mass is 462 g/mol. The van der Waals surface area contributed by atoms with E-state index in [4.69, 9.17) is 9.47 Å². The lowest BCUT2D eigenvalue weighted by Crippen LogP contribution is -2.48. The fraction of sp³-hybridized carbons (Fsp3) is 0.478. The van der Waals surface area contributed by atoms with Gasteiger partial charge in [0.25, 0.3) is 0 Å². The smallest absolute Gasteiger partial charge is 0.240 e. The van der Waals surface area contributed by atoms with Gasteiger partial charge in [-0.2, -0.15) is 0 Å². The first kappa shape index (κ1) is 24.3. The van der Waals surface area contributed by atoms with Gasteiger partial charge in [-0.25, -0.2) is 13.1 Å². The third-order valence-electron chi connectivity index (χ3n) is 5.90. The average Bonchev–Trinajstić information content (AvgIpc) is 2.80. The zero-order valence-electron chi connectivity index (χ0n) is 19.5. The molecule has 1 fully saturated rings. The third-order valence-corrected chi connectivity index (χ3v) is 7.33. The molecule has 1 saturated heterocycles. The second-order valence-corrected chi connectivity index (χ2v) is 9.98. The van der Waals surface area contributed by atoms with Gasteiger partial charge in [0.15, 0.2) is 11.5 Å². The summed E-state index contributed by atoms with van der Waals surface area (Å²) in [5.74, 6) is 0.869. The molecule has 9 heteroatoms. The Kier molecular flexibility index (Phi) is 8.00. The Balaban J connectivity index is 1.82. The molecule has 1 atom stereocenters. The summed E-state index contributed by atoms with van der Waals surface area (Å²) in [5.41, 5.74) is 2.20. The van der Waals surface area contributed by atoms with Crippen molar-refractivity contribution in [3.63, 3.8) is 0 Å². The van der Waals surface area contributed by atoms with E-state index in [1.165, 1.54) is 26.4 Å². The SMILES string of the molecule is COc1ccc(S(=O)(=O)NC[C@@H](c2ccc(N(C)C)cc2)N2CCN(C)CC2)cc1OC. The summed E-state index contributed by atoms with van der Waals surface area (Å²) in [4.78, 5) is 6.84. The molecule has 1 aliphatic heterocycles. The second kappa shape index (κ2) is 10.5. The van der Waals surface area contributed by atoms with E-state index in [1.54, 1.807) is 6.07 Å². The lowest BCUT2D eigenvalue weighted by atomic mass is 10.0. The van der Waals surface area contributed by atoms with Gasteiger partial charge in [0.05, 0.1) is 19.1 Å². The van der Waals surface area contributed by atoms with Crippen LogP contribution in [-0.4, -0.2) is 86.3 Å². The van der Waals surface area contributed by atoms with Crippen molar-refractivity contribution >= 4 is 15.7 Å². The van der Waals surface area contributed by atoms with Crippen LogP contribution in [0.4, 0.5) is 5.69 Å². The molecule has 0 aromatic heterocycles. The normalized spacial score (nSPS) is 16.5. The molecule has 2 aromatic carbocycles. The average molecular weight is 463 g/mol. The standard InChI is InChI=1S/C23H34N4O4S/c1-25(2)19-8-6-18(7-9-19)21(27-14-12-26(3)13-15-27)17-24-32(28,29)20-10-11-22(30-4)23(16-20)31-5/h6-11,16,21,24H,12-15,17H2,1-5H3/t21-/m0/s1. The van der Waals surface area contributed by atoms with Gasteiger partial charge in [0, 0.05) is 64.6 Å². The maximum Gasteiger partial charge on any atom is 0.240 e. The van der Waals surface area contributed by atoms with E-state index in [1.807, 2.05) is 14.1 Å². The van der Waals surface area contributed by atoms with Crippen molar-refractivity contribution in [2.75, 3.05) is 73.0 Å². The number of anilines is 1. The first-order chi connectivity index (χ1) is 15.2. The highest BCUT2D eigenvalue weighted by molar-refractivity contribution is 7.89. The summed E-state index contributed by atoms with van der Waals surface area (Å²) in [6, 6.07) is 12.9. The van der Waals surface area contributed by atoms with Crippen LogP contribution in [0.15, 0.2) is 47.4 Å². The summed E-state index contributed by atoms with van der Waals surface area (Å²) < 4.78 is 39.5. The highest BCUT2D eigenvalue weighted by Crippen LogP contribution is 2.30. The summed E-state index contributed by atoms with van der Waals surface area (Å²) in [7, 11) is 5.40. The summed E-state index contributed by atoms with van der Waals surface area (Å²) in [6.07, 6.45) is 0. The van der Waals surface area contributed by atoms with Gasteiger partial charge in [-0.3, -0.25) is 4.90 Å². The van der Waals surface area contributed by atoms with Crippen LogP contribution in [0, 0.1) is 0 Å². The van der Waals surface area contributed by atoms with Gasteiger partial charge in [0.1, 0.15) is 0 Å². The second-order valence-electron chi connectivity index (χ2n) is 8.21. The number of hydrogen-bond donors (Lipinski definition) is 1. The van der Waals surface area contributed by atoms with Crippen LogP contribution in [0.5, 0.6) is 11.5 Å². The number of benzene rings is 2. The van der Waals surface area contributed by atoms with E-state index in [0.29, 0.717) is 11.5 Å². The quantitative estimate of drug-likeness (QED) is 0.611. The molecule has 0 bridgehead atoms. The molecule has 176 valence electrons. The largest absolute Gasteiger partial charge is 0.493 e. The Morgan fingerprint density at radius 3 is 2.16 bits per heavy atom. The van der Waals surface area contributed by atoms with E-state index >= 15 is 0 Å². The Bertz CT molecular complexity index is 988. The van der Waals surface area contributed by atoms with Crippen molar-refractivity contribution in [1.29, 1.82) is 0 Å². The lowest BCUT2D eigenvalue weighted by molar-refractivity contribution is 0.113. The molecule has 8 nitrogen and oxygen atoms in total. The van der Waals surface area contributed by atoms with Crippen LogP contribution >= 0.6 is 0 Å². The van der Waals surface area contributed by atoms with Crippen LogP contribution in [-0.2, 0) is 10.0 Å². The highest BCUT2D eigenvalue weighted by atomic mass is 32.2. The molecular formula is C23H34N4O4S. The Morgan fingerprint density at radius 2 is 1.59 bits per heavy atom. The molecule has 3 rings (SSSR count). The molecule has 0 saturated carbocycles. The van der Waals surface area contributed by atoms with Crippen LogP contribution in [0.1, 0.15) is 11.6 Å².